The van der Waals surface area contributed by atoms with E-state index in [1.807, 2.05) is 36.4 Å². The Hall–Kier alpha value is -3.25. The Morgan fingerprint density at radius 3 is 2.52 bits per heavy atom. The van der Waals surface area contributed by atoms with Crippen LogP contribution in [0, 0.1) is 0 Å². The van der Waals surface area contributed by atoms with Crippen LogP contribution in [0.15, 0.2) is 89.2 Å². The molecule has 0 spiro atoms. The van der Waals surface area contributed by atoms with Crippen molar-refractivity contribution in [3.05, 3.63) is 106 Å². The molecule has 6 heteroatoms. The number of carbonyl (C=O) groups is 2. The van der Waals surface area contributed by atoms with Crippen LogP contribution in [0.3, 0.4) is 0 Å². The van der Waals surface area contributed by atoms with Gasteiger partial charge in [0.05, 0.1) is 12.6 Å². The molecule has 29 heavy (non-hydrogen) atoms. The quantitative estimate of drug-likeness (QED) is 0.349. The second-order valence-corrected chi connectivity index (χ2v) is 7.66. The maximum Gasteiger partial charge on any atom is 0.295 e. The van der Waals surface area contributed by atoms with E-state index in [1.54, 1.807) is 42.7 Å². The molecule has 0 radical (unpaired) electrons. The topological polar surface area (TPSA) is 74.6 Å². The minimum absolute atomic E-state index is 0.0146. The number of likely N-dealkylation sites (tertiary alicyclic amines) is 1. The molecule has 1 atom stereocenters. The van der Waals surface area contributed by atoms with Crippen LogP contribution in [0.5, 0.6) is 0 Å². The maximum atomic E-state index is 13.2. The molecule has 2 aromatic carbocycles. The minimum Gasteiger partial charge on any atom is -0.872 e. The SMILES string of the molecule is O=C1C(=O)N(Cc2ccc[nH+]c2)C(c2cccc(Br)c2)/C1=C(\[O-])c1ccccc1. The van der Waals surface area contributed by atoms with Gasteiger partial charge in [0.15, 0.2) is 12.4 Å². The molecule has 2 heterocycles. The van der Waals surface area contributed by atoms with E-state index < -0.39 is 23.5 Å². The molecule has 1 amide bonds. The normalized spacial score (nSPS) is 18.2. The molecule has 4 rings (SSSR count). The van der Waals surface area contributed by atoms with E-state index in [2.05, 4.69) is 20.9 Å². The van der Waals surface area contributed by atoms with Crippen LogP contribution in [0.2, 0.25) is 0 Å². The first kappa shape index (κ1) is 19.1. The first-order valence-corrected chi connectivity index (χ1v) is 9.88. The number of Topliss-reactive ketones (excluding diaryl/α,β-unsaturated/α-hetero) is 1. The van der Waals surface area contributed by atoms with Crippen LogP contribution in [-0.4, -0.2) is 16.6 Å². The van der Waals surface area contributed by atoms with Gasteiger partial charge in [-0.2, -0.15) is 0 Å². The highest BCUT2D eigenvalue weighted by Crippen LogP contribution is 2.40. The third-order valence-electron chi connectivity index (χ3n) is 4.85. The van der Waals surface area contributed by atoms with Gasteiger partial charge in [-0.1, -0.05) is 64.2 Å². The zero-order chi connectivity index (χ0) is 20.4. The van der Waals surface area contributed by atoms with Crippen LogP contribution in [0.1, 0.15) is 22.7 Å². The number of benzene rings is 2. The summed E-state index contributed by atoms with van der Waals surface area (Å²) in [6, 6.07) is 18.9. The lowest BCUT2D eigenvalue weighted by Gasteiger charge is -2.27. The minimum atomic E-state index is -0.750. The number of nitrogens with one attached hydrogen (secondary N) is 1. The molecule has 1 N–H and O–H groups in total. The number of ketones is 1. The zero-order valence-electron chi connectivity index (χ0n) is 15.3. The van der Waals surface area contributed by atoms with Gasteiger partial charge in [-0.3, -0.25) is 9.59 Å². The molecule has 0 aliphatic carbocycles. The second-order valence-electron chi connectivity index (χ2n) is 6.74. The number of aromatic nitrogens is 1. The molecule has 1 fully saturated rings. The number of hydrogen-bond acceptors (Lipinski definition) is 3. The predicted octanol–water partition coefficient (Wildman–Crippen LogP) is 2.69. The van der Waals surface area contributed by atoms with Crippen LogP contribution in [-0.2, 0) is 16.1 Å². The van der Waals surface area contributed by atoms with Gasteiger partial charge in [-0.15, -0.1) is 0 Å². The standard InChI is InChI=1S/C23H17BrN2O3/c24-18-10-4-9-17(12-18)20-19(21(27)16-7-2-1-3-8-16)22(28)23(29)26(20)14-15-6-5-11-25-13-15/h1-13,20,27H,14H2/b21-19+. The highest BCUT2D eigenvalue weighted by molar-refractivity contribution is 9.10. The highest BCUT2D eigenvalue weighted by atomic mass is 79.9. The van der Waals surface area contributed by atoms with Gasteiger partial charge in [-0.25, -0.2) is 4.98 Å². The van der Waals surface area contributed by atoms with Crippen molar-refractivity contribution in [1.29, 1.82) is 0 Å². The van der Waals surface area contributed by atoms with Crippen molar-refractivity contribution < 1.29 is 19.7 Å². The molecular formula is C23H17BrN2O3. The van der Waals surface area contributed by atoms with E-state index in [-0.39, 0.29) is 12.1 Å². The summed E-state index contributed by atoms with van der Waals surface area (Å²) in [7, 11) is 0. The summed E-state index contributed by atoms with van der Waals surface area (Å²) in [5, 5.41) is 13.2. The number of aromatic amines is 1. The molecular weight excluding hydrogens is 432 g/mol. The molecule has 1 unspecified atom stereocenters. The van der Waals surface area contributed by atoms with E-state index >= 15 is 0 Å². The fourth-order valence-corrected chi connectivity index (χ4v) is 3.94. The Morgan fingerprint density at radius 2 is 1.83 bits per heavy atom. The fourth-order valence-electron chi connectivity index (χ4n) is 3.53. The van der Waals surface area contributed by atoms with E-state index in [9.17, 15) is 14.7 Å². The van der Waals surface area contributed by atoms with Crippen molar-refractivity contribution in [2.45, 2.75) is 12.6 Å². The monoisotopic (exact) mass is 448 g/mol. The lowest BCUT2D eigenvalue weighted by Crippen LogP contribution is -2.29. The van der Waals surface area contributed by atoms with Crippen LogP contribution >= 0.6 is 15.9 Å². The lowest BCUT2D eigenvalue weighted by atomic mass is 9.95. The van der Waals surface area contributed by atoms with Gasteiger partial charge in [0, 0.05) is 21.7 Å². The fraction of sp³-hybridized carbons (Fsp3) is 0.0870. The maximum absolute atomic E-state index is 13.2. The van der Waals surface area contributed by atoms with Gasteiger partial charge < -0.3 is 10.0 Å². The van der Waals surface area contributed by atoms with Crippen LogP contribution in [0.25, 0.3) is 5.76 Å². The van der Waals surface area contributed by atoms with Crippen molar-refractivity contribution >= 4 is 33.4 Å². The van der Waals surface area contributed by atoms with Crippen molar-refractivity contribution in [1.82, 2.24) is 4.90 Å². The number of amides is 1. The van der Waals surface area contributed by atoms with Gasteiger partial charge in [0.25, 0.3) is 5.91 Å². The summed E-state index contributed by atoms with van der Waals surface area (Å²) in [6.07, 6.45) is 3.54. The summed E-state index contributed by atoms with van der Waals surface area (Å²) in [5.41, 5.74) is 1.91. The van der Waals surface area contributed by atoms with Crippen LogP contribution < -0.4 is 10.1 Å². The number of rotatable bonds is 4. The van der Waals surface area contributed by atoms with Gasteiger partial charge >= 0.3 is 0 Å². The number of H-pyrrole nitrogens is 1. The molecule has 1 saturated heterocycles. The molecule has 1 aromatic heterocycles. The first-order chi connectivity index (χ1) is 14.1. The number of carbonyl (C=O) groups excluding carboxylic acids is 2. The second kappa shape index (κ2) is 8.01. The summed E-state index contributed by atoms with van der Waals surface area (Å²) >= 11 is 3.44. The number of halogens is 1. The average molecular weight is 449 g/mol. The summed E-state index contributed by atoms with van der Waals surface area (Å²) < 4.78 is 0.807. The third-order valence-corrected chi connectivity index (χ3v) is 5.35. The third kappa shape index (κ3) is 3.71. The molecule has 144 valence electrons. The van der Waals surface area contributed by atoms with Gasteiger partial charge in [-0.05, 0) is 29.3 Å². The molecule has 3 aromatic rings. The lowest BCUT2D eigenvalue weighted by molar-refractivity contribution is -0.378. The summed E-state index contributed by atoms with van der Waals surface area (Å²) in [5.74, 6) is -1.84. The number of hydrogen-bond donors (Lipinski definition) is 0. The van der Waals surface area contributed by atoms with Crippen molar-refractivity contribution in [3.63, 3.8) is 0 Å². The summed E-state index contributed by atoms with van der Waals surface area (Å²) in [4.78, 5) is 30.3. The number of pyridine rings is 1. The van der Waals surface area contributed by atoms with E-state index in [0.717, 1.165) is 10.0 Å². The van der Waals surface area contributed by atoms with E-state index in [4.69, 9.17) is 0 Å². The summed E-state index contributed by atoms with van der Waals surface area (Å²) in [6.45, 7) is 0.213. The Labute approximate surface area is 176 Å². The average Bonchev–Trinajstić information content (AvgIpc) is 2.99. The molecule has 5 nitrogen and oxygen atoms in total. The predicted molar refractivity (Wildman–Crippen MR) is 109 cm³/mol. The Kier molecular flexibility index (Phi) is 5.27. The highest BCUT2D eigenvalue weighted by Gasteiger charge is 2.44. The van der Waals surface area contributed by atoms with Crippen molar-refractivity contribution in [2.24, 2.45) is 0 Å². The Bertz CT molecular complexity index is 1100. The smallest absolute Gasteiger partial charge is 0.295 e. The molecule has 1 aliphatic rings. The molecule has 1 aliphatic heterocycles. The first-order valence-electron chi connectivity index (χ1n) is 9.08. The van der Waals surface area contributed by atoms with Crippen molar-refractivity contribution in [3.8, 4) is 0 Å². The number of nitrogens with zero attached hydrogens (tertiary/aromatic N) is 1. The van der Waals surface area contributed by atoms with Crippen molar-refractivity contribution in [2.75, 3.05) is 0 Å². The Balaban J connectivity index is 1.87. The van der Waals surface area contributed by atoms with Gasteiger partial charge in [0.2, 0.25) is 5.78 Å². The largest absolute Gasteiger partial charge is 0.872 e. The molecule has 0 bridgehead atoms. The van der Waals surface area contributed by atoms with Crippen LogP contribution in [0.4, 0.5) is 0 Å². The van der Waals surface area contributed by atoms with Gasteiger partial charge in [0.1, 0.15) is 0 Å². The van der Waals surface area contributed by atoms with E-state index in [0.29, 0.717) is 11.1 Å². The molecule has 0 saturated carbocycles. The van der Waals surface area contributed by atoms with E-state index in [1.165, 1.54) is 4.90 Å². The zero-order valence-corrected chi connectivity index (χ0v) is 16.9. The Morgan fingerprint density at radius 1 is 1.03 bits per heavy atom.